The van der Waals surface area contributed by atoms with Gasteiger partial charge in [0.15, 0.2) is 5.75 Å². The molecule has 5 nitrogen and oxygen atoms in total. The number of nitrogens with one attached hydrogen (secondary N) is 1. The number of imidazole rings is 1. The molecule has 0 aliphatic rings. The van der Waals surface area contributed by atoms with E-state index in [-0.39, 0.29) is 11.9 Å². The van der Waals surface area contributed by atoms with E-state index in [2.05, 4.69) is 10.3 Å². The molecule has 1 heterocycles. The number of rotatable bonds is 7. The van der Waals surface area contributed by atoms with Gasteiger partial charge in [0.1, 0.15) is 5.82 Å². The van der Waals surface area contributed by atoms with Crippen LogP contribution in [-0.2, 0) is 4.79 Å². The normalized spacial score (nSPS) is 12.0. The lowest BCUT2D eigenvalue weighted by Gasteiger charge is -2.17. The third-order valence-electron chi connectivity index (χ3n) is 3.51. The Bertz CT molecular complexity index is 670. The molecular formula is C17H22ClN3O2. The van der Waals surface area contributed by atoms with Gasteiger partial charge >= 0.3 is 0 Å². The maximum absolute atomic E-state index is 12.3. The average molecular weight is 336 g/mol. The SMILES string of the molecule is CCCOc1c(Cl)cccc1NC(=O)CC(C)n1ccnc1C. The largest absolute Gasteiger partial charge is 0.490 e. The van der Waals surface area contributed by atoms with Crippen molar-refractivity contribution in [2.45, 2.75) is 39.7 Å². The molecule has 2 aromatic rings. The molecule has 23 heavy (non-hydrogen) atoms. The Labute approximate surface area is 141 Å². The lowest BCUT2D eigenvalue weighted by Crippen LogP contribution is -2.18. The van der Waals surface area contributed by atoms with Gasteiger partial charge in [-0.25, -0.2) is 4.98 Å². The Morgan fingerprint density at radius 3 is 2.91 bits per heavy atom. The first-order valence-electron chi connectivity index (χ1n) is 7.73. The molecule has 2 rings (SSSR count). The summed E-state index contributed by atoms with van der Waals surface area (Å²) in [7, 11) is 0. The number of carbonyl (C=O) groups excluding carboxylic acids is 1. The summed E-state index contributed by atoms with van der Waals surface area (Å²) in [5, 5.41) is 3.39. The summed E-state index contributed by atoms with van der Waals surface area (Å²) in [6.45, 7) is 6.48. The van der Waals surface area contributed by atoms with E-state index in [9.17, 15) is 4.79 Å². The molecule has 1 aromatic heterocycles. The number of hydrogen-bond donors (Lipinski definition) is 1. The van der Waals surface area contributed by atoms with E-state index in [0.717, 1.165) is 12.2 Å². The minimum absolute atomic E-state index is 0.0247. The smallest absolute Gasteiger partial charge is 0.226 e. The highest BCUT2D eigenvalue weighted by Crippen LogP contribution is 2.33. The Kier molecular flexibility index (Phi) is 6.04. The Morgan fingerprint density at radius 2 is 2.26 bits per heavy atom. The zero-order valence-electron chi connectivity index (χ0n) is 13.7. The molecule has 1 N–H and O–H groups in total. The number of para-hydroxylation sites is 1. The van der Waals surface area contributed by atoms with Crippen LogP contribution in [0, 0.1) is 6.92 Å². The summed E-state index contributed by atoms with van der Waals surface area (Å²) in [6, 6.07) is 5.36. The lowest BCUT2D eigenvalue weighted by molar-refractivity contribution is -0.116. The molecule has 6 heteroatoms. The molecule has 1 aromatic carbocycles. The minimum atomic E-state index is -0.0887. The number of ether oxygens (including phenoxy) is 1. The van der Waals surface area contributed by atoms with Crippen molar-refractivity contribution in [2.24, 2.45) is 0 Å². The first-order valence-corrected chi connectivity index (χ1v) is 8.11. The molecule has 124 valence electrons. The predicted molar refractivity (Wildman–Crippen MR) is 92.2 cm³/mol. The van der Waals surface area contributed by atoms with Crippen LogP contribution < -0.4 is 10.1 Å². The maximum atomic E-state index is 12.3. The van der Waals surface area contributed by atoms with E-state index in [1.165, 1.54) is 0 Å². The standard InChI is InChI=1S/C17H22ClN3O2/c1-4-10-23-17-14(18)6-5-7-15(17)20-16(22)11-12(2)21-9-8-19-13(21)3/h5-9,12H,4,10-11H2,1-3H3,(H,20,22). The highest BCUT2D eigenvalue weighted by atomic mass is 35.5. The molecule has 0 saturated heterocycles. The highest BCUT2D eigenvalue weighted by Gasteiger charge is 2.15. The molecule has 0 aliphatic heterocycles. The van der Waals surface area contributed by atoms with Crippen LogP contribution in [0.1, 0.15) is 38.6 Å². The number of amides is 1. The molecule has 0 spiro atoms. The predicted octanol–water partition coefficient (Wildman–Crippen LogP) is 4.22. The van der Waals surface area contributed by atoms with Gasteiger partial charge in [-0.2, -0.15) is 0 Å². The van der Waals surface area contributed by atoms with Gasteiger partial charge in [0.2, 0.25) is 5.91 Å². The first kappa shape index (κ1) is 17.3. The second kappa shape index (κ2) is 8.02. The van der Waals surface area contributed by atoms with Gasteiger partial charge < -0.3 is 14.6 Å². The highest BCUT2D eigenvalue weighted by molar-refractivity contribution is 6.32. The summed E-state index contributed by atoms with van der Waals surface area (Å²) in [5.41, 5.74) is 0.602. The monoisotopic (exact) mass is 335 g/mol. The van der Waals surface area contributed by atoms with Gasteiger partial charge in [-0.15, -0.1) is 0 Å². The number of aryl methyl sites for hydroxylation is 1. The molecular weight excluding hydrogens is 314 g/mol. The number of aromatic nitrogens is 2. The second-order valence-corrected chi connectivity index (χ2v) is 5.86. The third-order valence-corrected chi connectivity index (χ3v) is 3.81. The van der Waals surface area contributed by atoms with Crippen LogP contribution in [0.4, 0.5) is 5.69 Å². The van der Waals surface area contributed by atoms with Gasteiger partial charge in [0.25, 0.3) is 0 Å². The fourth-order valence-corrected chi connectivity index (χ4v) is 2.61. The van der Waals surface area contributed by atoms with E-state index < -0.39 is 0 Å². The molecule has 1 amide bonds. The van der Waals surface area contributed by atoms with Gasteiger partial charge in [0, 0.05) is 24.9 Å². The topological polar surface area (TPSA) is 56.1 Å². The number of nitrogens with zero attached hydrogens (tertiary/aromatic N) is 2. The van der Waals surface area contributed by atoms with Crippen LogP contribution >= 0.6 is 11.6 Å². The van der Waals surface area contributed by atoms with Crippen LogP contribution in [0.3, 0.4) is 0 Å². The first-order chi connectivity index (χ1) is 11.0. The summed E-state index contributed by atoms with van der Waals surface area (Å²) < 4.78 is 7.63. The van der Waals surface area contributed by atoms with Crippen molar-refractivity contribution in [2.75, 3.05) is 11.9 Å². The second-order valence-electron chi connectivity index (χ2n) is 5.45. The number of halogens is 1. The van der Waals surface area contributed by atoms with Crippen molar-refractivity contribution < 1.29 is 9.53 Å². The van der Waals surface area contributed by atoms with E-state index in [0.29, 0.717) is 29.5 Å². The van der Waals surface area contributed by atoms with Crippen LogP contribution in [-0.4, -0.2) is 22.1 Å². The molecule has 1 atom stereocenters. The van der Waals surface area contributed by atoms with Crippen LogP contribution in [0.5, 0.6) is 5.75 Å². The van der Waals surface area contributed by atoms with Crippen LogP contribution in [0.2, 0.25) is 5.02 Å². The third kappa shape index (κ3) is 4.48. The molecule has 0 fully saturated rings. The Hall–Kier alpha value is -2.01. The lowest BCUT2D eigenvalue weighted by atomic mass is 10.2. The van der Waals surface area contributed by atoms with E-state index in [4.69, 9.17) is 16.3 Å². The fraction of sp³-hybridized carbons (Fsp3) is 0.412. The van der Waals surface area contributed by atoms with E-state index in [1.807, 2.05) is 31.5 Å². The number of carbonyl (C=O) groups is 1. The van der Waals surface area contributed by atoms with Gasteiger partial charge in [-0.3, -0.25) is 4.79 Å². The van der Waals surface area contributed by atoms with Crippen molar-refractivity contribution in [3.05, 3.63) is 41.4 Å². The molecule has 0 radical (unpaired) electrons. The summed E-state index contributed by atoms with van der Waals surface area (Å²) in [6.07, 6.45) is 4.83. The average Bonchev–Trinajstić information content (AvgIpc) is 2.93. The van der Waals surface area contributed by atoms with Crippen molar-refractivity contribution in [1.29, 1.82) is 0 Å². The van der Waals surface area contributed by atoms with E-state index >= 15 is 0 Å². The zero-order chi connectivity index (χ0) is 16.8. The quantitative estimate of drug-likeness (QED) is 0.824. The number of benzene rings is 1. The van der Waals surface area contributed by atoms with Crippen LogP contribution in [0.25, 0.3) is 0 Å². The van der Waals surface area contributed by atoms with Crippen molar-refractivity contribution in [3.8, 4) is 5.75 Å². The van der Waals surface area contributed by atoms with Crippen molar-refractivity contribution >= 4 is 23.2 Å². The molecule has 0 saturated carbocycles. The molecule has 0 bridgehead atoms. The zero-order valence-corrected chi connectivity index (χ0v) is 14.4. The maximum Gasteiger partial charge on any atom is 0.226 e. The molecule has 1 unspecified atom stereocenters. The Morgan fingerprint density at radius 1 is 1.48 bits per heavy atom. The molecule has 0 aliphatic carbocycles. The van der Waals surface area contributed by atoms with Crippen molar-refractivity contribution in [3.63, 3.8) is 0 Å². The Balaban J connectivity index is 2.05. The van der Waals surface area contributed by atoms with Gasteiger partial charge in [-0.1, -0.05) is 24.6 Å². The summed E-state index contributed by atoms with van der Waals surface area (Å²) in [4.78, 5) is 16.5. The number of hydrogen-bond acceptors (Lipinski definition) is 3. The summed E-state index contributed by atoms with van der Waals surface area (Å²) >= 11 is 6.17. The van der Waals surface area contributed by atoms with Gasteiger partial charge in [0.05, 0.1) is 17.3 Å². The van der Waals surface area contributed by atoms with Gasteiger partial charge in [-0.05, 0) is 32.4 Å². The summed E-state index contributed by atoms with van der Waals surface area (Å²) in [5.74, 6) is 1.32. The number of anilines is 1. The van der Waals surface area contributed by atoms with Crippen LogP contribution in [0.15, 0.2) is 30.6 Å². The minimum Gasteiger partial charge on any atom is -0.490 e. The van der Waals surface area contributed by atoms with Crippen molar-refractivity contribution in [1.82, 2.24) is 9.55 Å². The van der Waals surface area contributed by atoms with E-state index in [1.54, 1.807) is 24.4 Å². The fourth-order valence-electron chi connectivity index (χ4n) is 2.38.